The van der Waals surface area contributed by atoms with Gasteiger partial charge in [0, 0.05) is 5.69 Å². The number of carbonyl (C=O) groups excluding carboxylic acids is 1. The van der Waals surface area contributed by atoms with Crippen LogP contribution < -0.4 is 5.32 Å². The molecule has 7 heteroatoms. The van der Waals surface area contributed by atoms with Crippen molar-refractivity contribution in [3.05, 3.63) is 52.0 Å². The molecular weight excluding hydrogens is 294 g/mol. The Morgan fingerprint density at radius 2 is 1.89 bits per heavy atom. The zero-order valence-electron chi connectivity index (χ0n) is 9.32. The van der Waals surface area contributed by atoms with Crippen LogP contribution in [0.15, 0.2) is 30.5 Å². The van der Waals surface area contributed by atoms with Crippen molar-refractivity contribution in [1.29, 1.82) is 0 Å². The minimum absolute atomic E-state index is 0.00913. The molecule has 0 fully saturated rings. The van der Waals surface area contributed by atoms with Gasteiger partial charge in [0.2, 0.25) is 0 Å². The first-order chi connectivity index (χ1) is 8.97. The highest BCUT2D eigenvalue weighted by molar-refractivity contribution is 6.37. The average molecular weight is 301 g/mol. The number of hydrogen-bond donors (Lipinski definition) is 2. The van der Waals surface area contributed by atoms with Gasteiger partial charge in [0.15, 0.2) is 5.75 Å². The van der Waals surface area contributed by atoms with E-state index in [0.717, 1.165) is 12.3 Å². The van der Waals surface area contributed by atoms with Gasteiger partial charge in [-0.3, -0.25) is 4.79 Å². The van der Waals surface area contributed by atoms with Crippen molar-refractivity contribution in [2.45, 2.75) is 0 Å². The Labute approximate surface area is 117 Å². The van der Waals surface area contributed by atoms with Crippen LogP contribution >= 0.6 is 23.2 Å². The summed E-state index contributed by atoms with van der Waals surface area (Å²) in [6, 6.07) is 5.04. The number of halogens is 3. The van der Waals surface area contributed by atoms with E-state index < -0.39 is 11.7 Å². The van der Waals surface area contributed by atoms with Crippen molar-refractivity contribution in [2.75, 3.05) is 5.32 Å². The molecule has 0 spiro atoms. The number of amides is 1. The fraction of sp³-hybridized carbons (Fsp3) is 0. The fourth-order valence-electron chi connectivity index (χ4n) is 1.34. The van der Waals surface area contributed by atoms with E-state index in [1.165, 1.54) is 18.2 Å². The number of rotatable bonds is 2. The first kappa shape index (κ1) is 13.6. The molecule has 0 bridgehead atoms. The van der Waals surface area contributed by atoms with E-state index in [9.17, 15) is 14.3 Å². The Bertz CT molecular complexity index is 609. The third kappa shape index (κ3) is 3.13. The second-order valence-electron chi connectivity index (χ2n) is 3.60. The lowest BCUT2D eigenvalue weighted by molar-refractivity contribution is 0.102. The second kappa shape index (κ2) is 5.42. The molecule has 0 saturated heterocycles. The van der Waals surface area contributed by atoms with Gasteiger partial charge in [0.1, 0.15) is 11.5 Å². The molecule has 0 aliphatic carbocycles. The van der Waals surface area contributed by atoms with E-state index in [2.05, 4.69) is 10.3 Å². The van der Waals surface area contributed by atoms with E-state index >= 15 is 0 Å². The summed E-state index contributed by atoms with van der Waals surface area (Å²) in [7, 11) is 0. The molecule has 4 nitrogen and oxygen atoms in total. The topological polar surface area (TPSA) is 62.2 Å². The number of pyridine rings is 1. The number of phenolic OH excluding ortho intramolecular Hbond substituents is 1. The van der Waals surface area contributed by atoms with Gasteiger partial charge < -0.3 is 10.4 Å². The van der Waals surface area contributed by atoms with Crippen molar-refractivity contribution in [3.8, 4) is 5.75 Å². The van der Waals surface area contributed by atoms with Crippen LogP contribution in [-0.4, -0.2) is 16.0 Å². The highest BCUT2D eigenvalue weighted by Gasteiger charge is 2.11. The number of anilines is 1. The molecule has 0 atom stereocenters. The van der Waals surface area contributed by atoms with E-state index in [1.54, 1.807) is 0 Å². The van der Waals surface area contributed by atoms with Gasteiger partial charge in [0.05, 0.1) is 16.2 Å². The summed E-state index contributed by atoms with van der Waals surface area (Å²) in [6.07, 6.45) is 0.936. The van der Waals surface area contributed by atoms with Crippen molar-refractivity contribution in [2.24, 2.45) is 0 Å². The van der Waals surface area contributed by atoms with Crippen molar-refractivity contribution in [3.63, 3.8) is 0 Å². The number of nitrogens with zero attached hydrogens (tertiary/aromatic N) is 1. The van der Waals surface area contributed by atoms with Crippen LogP contribution in [0.25, 0.3) is 0 Å². The molecule has 0 unspecified atom stereocenters. The Balaban J connectivity index is 2.22. The number of nitrogens with one attached hydrogen (secondary N) is 1. The smallest absolute Gasteiger partial charge is 0.274 e. The number of carbonyl (C=O) groups is 1. The van der Waals surface area contributed by atoms with E-state index in [0.29, 0.717) is 5.69 Å². The minimum atomic E-state index is -0.544. The monoisotopic (exact) mass is 300 g/mol. The Hall–Kier alpha value is -1.85. The van der Waals surface area contributed by atoms with Gasteiger partial charge in [-0.1, -0.05) is 23.2 Å². The number of hydrogen-bond acceptors (Lipinski definition) is 3. The SMILES string of the molecule is O=C(Nc1cc(Cl)c(O)c(Cl)c1)c1ccc(F)cn1. The van der Waals surface area contributed by atoms with Gasteiger partial charge in [-0.25, -0.2) is 9.37 Å². The minimum Gasteiger partial charge on any atom is -0.505 e. The first-order valence-electron chi connectivity index (χ1n) is 5.08. The summed E-state index contributed by atoms with van der Waals surface area (Å²) in [4.78, 5) is 15.4. The summed E-state index contributed by atoms with van der Waals surface area (Å²) in [5, 5.41) is 11.9. The molecule has 0 aliphatic rings. The second-order valence-corrected chi connectivity index (χ2v) is 4.42. The maximum absolute atomic E-state index is 12.7. The van der Waals surface area contributed by atoms with E-state index in [1.807, 2.05) is 0 Å². The van der Waals surface area contributed by atoms with Crippen LogP contribution in [0.4, 0.5) is 10.1 Å². The molecule has 1 aromatic carbocycles. The molecule has 0 saturated carbocycles. The summed E-state index contributed by atoms with van der Waals surface area (Å²) >= 11 is 11.4. The summed E-state index contributed by atoms with van der Waals surface area (Å²) in [6.45, 7) is 0. The average Bonchev–Trinajstić information content (AvgIpc) is 2.36. The van der Waals surface area contributed by atoms with Gasteiger partial charge in [-0.2, -0.15) is 0 Å². The van der Waals surface area contributed by atoms with Crippen LogP contribution in [0.2, 0.25) is 10.0 Å². The standard InChI is InChI=1S/C12H7Cl2FN2O2/c13-8-3-7(4-9(14)11(8)18)17-12(19)10-2-1-6(15)5-16-10/h1-5,18H,(H,17,19). The number of aromatic hydroxyl groups is 1. The molecule has 0 aliphatic heterocycles. The van der Waals surface area contributed by atoms with Crippen molar-refractivity contribution < 1.29 is 14.3 Å². The molecule has 98 valence electrons. The first-order valence-corrected chi connectivity index (χ1v) is 5.84. The molecular formula is C12H7Cl2FN2O2. The molecule has 2 N–H and O–H groups in total. The Morgan fingerprint density at radius 1 is 1.26 bits per heavy atom. The van der Waals surface area contributed by atoms with Gasteiger partial charge >= 0.3 is 0 Å². The third-order valence-electron chi connectivity index (χ3n) is 2.23. The van der Waals surface area contributed by atoms with E-state index in [-0.39, 0.29) is 21.5 Å². The lowest BCUT2D eigenvalue weighted by atomic mass is 10.2. The Kier molecular flexibility index (Phi) is 3.87. The molecule has 1 amide bonds. The highest BCUT2D eigenvalue weighted by atomic mass is 35.5. The zero-order chi connectivity index (χ0) is 14.0. The molecule has 0 radical (unpaired) electrons. The Morgan fingerprint density at radius 3 is 2.42 bits per heavy atom. The highest BCUT2D eigenvalue weighted by Crippen LogP contribution is 2.34. The molecule has 1 aromatic heterocycles. The van der Waals surface area contributed by atoms with Crippen LogP contribution in [0, 0.1) is 5.82 Å². The predicted molar refractivity (Wildman–Crippen MR) is 70.3 cm³/mol. The zero-order valence-corrected chi connectivity index (χ0v) is 10.8. The quantitative estimate of drug-likeness (QED) is 0.835. The van der Waals surface area contributed by atoms with Crippen molar-refractivity contribution >= 4 is 34.8 Å². The number of aromatic nitrogens is 1. The van der Waals surface area contributed by atoms with E-state index in [4.69, 9.17) is 23.2 Å². The van der Waals surface area contributed by atoms with Crippen LogP contribution in [0.5, 0.6) is 5.75 Å². The maximum Gasteiger partial charge on any atom is 0.274 e. The fourth-order valence-corrected chi connectivity index (χ4v) is 1.83. The van der Waals surface area contributed by atoms with Gasteiger partial charge in [0.25, 0.3) is 5.91 Å². The molecule has 2 rings (SSSR count). The van der Waals surface area contributed by atoms with Crippen LogP contribution in [-0.2, 0) is 0 Å². The van der Waals surface area contributed by atoms with Gasteiger partial charge in [-0.05, 0) is 24.3 Å². The normalized spacial score (nSPS) is 10.3. The van der Waals surface area contributed by atoms with Crippen molar-refractivity contribution in [1.82, 2.24) is 4.98 Å². The summed E-state index contributed by atoms with van der Waals surface area (Å²) in [5.41, 5.74) is 0.339. The van der Waals surface area contributed by atoms with Crippen LogP contribution in [0.1, 0.15) is 10.5 Å². The number of benzene rings is 1. The summed E-state index contributed by atoms with van der Waals surface area (Å²) < 4.78 is 12.7. The summed E-state index contributed by atoms with van der Waals surface area (Å²) in [5.74, 6) is -1.34. The largest absolute Gasteiger partial charge is 0.505 e. The number of phenols is 1. The maximum atomic E-state index is 12.7. The third-order valence-corrected chi connectivity index (χ3v) is 2.81. The van der Waals surface area contributed by atoms with Gasteiger partial charge in [-0.15, -0.1) is 0 Å². The molecule has 19 heavy (non-hydrogen) atoms. The molecule has 2 aromatic rings. The molecule has 1 heterocycles. The lowest BCUT2D eigenvalue weighted by Gasteiger charge is -2.07. The predicted octanol–water partition coefficient (Wildman–Crippen LogP) is 3.49. The van der Waals surface area contributed by atoms with Crippen LogP contribution in [0.3, 0.4) is 0 Å². The lowest BCUT2D eigenvalue weighted by Crippen LogP contribution is -2.13.